The number of aromatic nitrogens is 4. The molecule has 0 fully saturated rings. The number of nitrogens with zero attached hydrogens (tertiary/aromatic N) is 4. The Labute approximate surface area is 206 Å². The van der Waals surface area contributed by atoms with Crippen LogP contribution in [0.3, 0.4) is 0 Å². The largest absolute Gasteiger partial charge is 0.438 e. The van der Waals surface area contributed by atoms with Gasteiger partial charge in [-0.2, -0.15) is 10.1 Å². The highest BCUT2D eigenvalue weighted by Crippen LogP contribution is 2.34. The molecule has 5 rings (SSSR count). The van der Waals surface area contributed by atoms with Crippen LogP contribution in [0.4, 0.5) is 16.3 Å². The lowest BCUT2D eigenvalue weighted by molar-refractivity contribution is 0.262. The molecular formula is C26H21ClN6O2. The van der Waals surface area contributed by atoms with Crippen molar-refractivity contribution in [3.63, 3.8) is 0 Å². The van der Waals surface area contributed by atoms with Crippen LogP contribution < -0.4 is 15.4 Å². The highest BCUT2D eigenvalue weighted by molar-refractivity contribution is 6.28. The summed E-state index contributed by atoms with van der Waals surface area (Å²) < 4.78 is 7.63. The predicted molar refractivity (Wildman–Crippen MR) is 137 cm³/mol. The van der Waals surface area contributed by atoms with E-state index in [9.17, 15) is 4.79 Å². The van der Waals surface area contributed by atoms with E-state index in [-0.39, 0.29) is 11.3 Å². The number of hydrogen-bond acceptors (Lipinski definition) is 5. The molecule has 8 nitrogen and oxygen atoms in total. The maximum atomic E-state index is 13.0. The quantitative estimate of drug-likeness (QED) is 0.277. The van der Waals surface area contributed by atoms with E-state index in [0.29, 0.717) is 23.1 Å². The molecule has 0 radical (unpaired) electrons. The standard InChI is InChI=1S/C26H21ClN6O2/c1-16-7-9-18(10-8-16)33-23(15-17(2)32-33)30-26(34)29-21-11-12-22(20-6-4-3-5-19(20)21)35-24-13-14-28-25(27)31-24/h3-15H,1-2H3,(H2,29,30,34). The molecule has 0 aliphatic rings. The number of rotatable bonds is 5. The summed E-state index contributed by atoms with van der Waals surface area (Å²) in [4.78, 5) is 20.9. The van der Waals surface area contributed by atoms with Crippen LogP contribution in [0.15, 0.2) is 79.0 Å². The summed E-state index contributed by atoms with van der Waals surface area (Å²) >= 11 is 5.87. The molecule has 35 heavy (non-hydrogen) atoms. The Morgan fingerprint density at radius 1 is 0.943 bits per heavy atom. The highest BCUT2D eigenvalue weighted by Gasteiger charge is 2.14. The fourth-order valence-electron chi connectivity index (χ4n) is 3.70. The molecule has 2 aromatic heterocycles. The molecule has 0 atom stereocenters. The van der Waals surface area contributed by atoms with Crippen molar-refractivity contribution in [1.29, 1.82) is 0 Å². The van der Waals surface area contributed by atoms with Crippen molar-refractivity contribution in [3.8, 4) is 17.3 Å². The van der Waals surface area contributed by atoms with E-state index in [1.807, 2.05) is 68.4 Å². The molecule has 5 aromatic rings. The van der Waals surface area contributed by atoms with Gasteiger partial charge in [0.05, 0.1) is 17.1 Å². The van der Waals surface area contributed by atoms with Gasteiger partial charge in [0.1, 0.15) is 11.6 Å². The number of benzene rings is 3. The van der Waals surface area contributed by atoms with Gasteiger partial charge >= 0.3 is 6.03 Å². The zero-order valence-corrected chi connectivity index (χ0v) is 19.7. The van der Waals surface area contributed by atoms with Crippen LogP contribution in [0.5, 0.6) is 11.6 Å². The van der Waals surface area contributed by atoms with Crippen molar-refractivity contribution in [3.05, 3.63) is 95.5 Å². The van der Waals surface area contributed by atoms with E-state index >= 15 is 0 Å². The van der Waals surface area contributed by atoms with Gasteiger partial charge in [0.2, 0.25) is 11.2 Å². The van der Waals surface area contributed by atoms with Crippen LogP contribution in [0.25, 0.3) is 16.5 Å². The van der Waals surface area contributed by atoms with Gasteiger partial charge in [0.15, 0.2) is 0 Å². The molecule has 174 valence electrons. The number of urea groups is 1. The highest BCUT2D eigenvalue weighted by atomic mass is 35.5. The molecular weight excluding hydrogens is 464 g/mol. The average molecular weight is 485 g/mol. The van der Waals surface area contributed by atoms with Crippen molar-refractivity contribution in [2.75, 3.05) is 10.6 Å². The first-order valence-corrected chi connectivity index (χ1v) is 11.2. The van der Waals surface area contributed by atoms with E-state index in [0.717, 1.165) is 27.7 Å². The van der Waals surface area contributed by atoms with E-state index < -0.39 is 0 Å². The minimum Gasteiger partial charge on any atom is -0.438 e. The van der Waals surface area contributed by atoms with Crippen LogP contribution in [0, 0.1) is 13.8 Å². The number of ether oxygens (including phenoxy) is 1. The zero-order valence-electron chi connectivity index (χ0n) is 19.0. The van der Waals surface area contributed by atoms with E-state index in [4.69, 9.17) is 16.3 Å². The molecule has 0 unspecified atom stereocenters. The number of fused-ring (bicyclic) bond motifs is 1. The number of carbonyl (C=O) groups is 1. The smallest absolute Gasteiger partial charge is 0.324 e. The van der Waals surface area contributed by atoms with Gasteiger partial charge < -0.3 is 10.1 Å². The first kappa shape index (κ1) is 22.4. The Kier molecular flexibility index (Phi) is 6.03. The molecule has 0 saturated heterocycles. The minimum atomic E-state index is -0.389. The fourth-order valence-corrected chi connectivity index (χ4v) is 3.84. The number of anilines is 2. The number of nitrogens with one attached hydrogen (secondary N) is 2. The second kappa shape index (κ2) is 9.44. The SMILES string of the molecule is Cc1ccc(-n2nc(C)cc2NC(=O)Nc2ccc(Oc3ccnc(Cl)n3)c3ccccc23)cc1. The van der Waals surface area contributed by atoms with Gasteiger partial charge in [0.25, 0.3) is 0 Å². The van der Waals surface area contributed by atoms with Gasteiger partial charge in [-0.25, -0.2) is 14.5 Å². The molecule has 2 N–H and O–H groups in total. The summed E-state index contributed by atoms with van der Waals surface area (Å²) in [5, 5.41) is 12.1. The number of hydrogen-bond donors (Lipinski definition) is 2. The van der Waals surface area contributed by atoms with E-state index in [1.54, 1.807) is 22.9 Å². The average Bonchev–Trinajstić information content (AvgIpc) is 3.21. The molecule has 0 bridgehead atoms. The molecule has 2 amide bonds. The van der Waals surface area contributed by atoms with Gasteiger partial charge in [-0.1, -0.05) is 42.0 Å². The van der Waals surface area contributed by atoms with Gasteiger partial charge in [-0.3, -0.25) is 5.32 Å². The fraction of sp³-hybridized carbons (Fsp3) is 0.0769. The summed E-state index contributed by atoms with van der Waals surface area (Å²) in [5.41, 5.74) is 3.42. The summed E-state index contributed by atoms with van der Waals surface area (Å²) in [7, 11) is 0. The monoisotopic (exact) mass is 484 g/mol. The first-order chi connectivity index (χ1) is 17.0. The number of carbonyl (C=O) groups excluding carboxylic acids is 1. The van der Waals surface area contributed by atoms with Gasteiger partial charge in [0, 0.05) is 29.1 Å². The van der Waals surface area contributed by atoms with Crippen molar-refractivity contribution < 1.29 is 9.53 Å². The molecule has 9 heteroatoms. The normalized spacial score (nSPS) is 10.8. The number of halogens is 1. The number of amides is 2. The third kappa shape index (κ3) is 4.92. The summed E-state index contributed by atoms with van der Waals surface area (Å²) in [6.45, 7) is 3.90. The molecule has 3 aromatic carbocycles. The minimum absolute atomic E-state index is 0.0990. The van der Waals surface area contributed by atoms with E-state index in [2.05, 4.69) is 25.7 Å². The summed E-state index contributed by atoms with van der Waals surface area (Å²) in [6, 6.07) is 22.1. The van der Waals surface area contributed by atoms with Gasteiger partial charge in [-0.15, -0.1) is 0 Å². The van der Waals surface area contributed by atoms with Crippen molar-refractivity contribution in [2.24, 2.45) is 0 Å². The number of aryl methyl sites for hydroxylation is 2. The van der Waals surface area contributed by atoms with Crippen molar-refractivity contribution in [1.82, 2.24) is 19.7 Å². The molecule has 0 aliphatic carbocycles. The summed E-state index contributed by atoms with van der Waals surface area (Å²) in [5.74, 6) is 1.47. The van der Waals surface area contributed by atoms with Gasteiger partial charge in [-0.05, 0) is 49.7 Å². The zero-order chi connectivity index (χ0) is 24.4. The second-order valence-electron chi connectivity index (χ2n) is 7.92. The predicted octanol–water partition coefficient (Wildman–Crippen LogP) is 6.52. The molecule has 0 aliphatic heterocycles. The first-order valence-electron chi connectivity index (χ1n) is 10.9. The van der Waals surface area contributed by atoms with Crippen molar-refractivity contribution >= 4 is 39.9 Å². The lowest BCUT2D eigenvalue weighted by atomic mass is 10.1. The lowest BCUT2D eigenvalue weighted by Crippen LogP contribution is -2.21. The Balaban J connectivity index is 1.40. The summed E-state index contributed by atoms with van der Waals surface area (Å²) in [6.07, 6.45) is 1.52. The second-order valence-corrected chi connectivity index (χ2v) is 8.26. The topological polar surface area (TPSA) is 94.0 Å². The van der Waals surface area contributed by atoms with Crippen LogP contribution in [0.1, 0.15) is 11.3 Å². The van der Waals surface area contributed by atoms with E-state index in [1.165, 1.54) is 6.20 Å². The Morgan fingerprint density at radius 3 is 2.49 bits per heavy atom. The maximum absolute atomic E-state index is 13.0. The lowest BCUT2D eigenvalue weighted by Gasteiger charge is -2.14. The van der Waals surface area contributed by atoms with Crippen molar-refractivity contribution in [2.45, 2.75) is 13.8 Å². The molecule has 2 heterocycles. The Hall–Kier alpha value is -4.43. The molecule has 0 spiro atoms. The molecule has 0 saturated carbocycles. The Bertz CT molecular complexity index is 1530. The van der Waals surface area contributed by atoms with Crippen LogP contribution >= 0.6 is 11.6 Å². The Morgan fingerprint density at radius 2 is 1.71 bits per heavy atom. The van der Waals surface area contributed by atoms with Crippen LogP contribution in [0.2, 0.25) is 5.28 Å². The third-order valence-electron chi connectivity index (χ3n) is 5.30. The maximum Gasteiger partial charge on any atom is 0.324 e. The van der Waals surface area contributed by atoms with Crippen LogP contribution in [-0.4, -0.2) is 25.8 Å². The van der Waals surface area contributed by atoms with Crippen LogP contribution in [-0.2, 0) is 0 Å². The third-order valence-corrected chi connectivity index (χ3v) is 5.48.